The number of cyclic esters (lactones) is 1. The summed E-state index contributed by atoms with van der Waals surface area (Å²) in [5.41, 5.74) is 0.278. The van der Waals surface area contributed by atoms with Crippen molar-refractivity contribution in [1.29, 1.82) is 0 Å². The van der Waals surface area contributed by atoms with Crippen molar-refractivity contribution in [2.24, 2.45) is 0 Å². The van der Waals surface area contributed by atoms with Gasteiger partial charge in [-0.25, -0.2) is 9.18 Å². The topological polar surface area (TPSA) is 38.3 Å². The van der Waals surface area contributed by atoms with Crippen LogP contribution in [0.2, 0.25) is 5.02 Å². The van der Waals surface area contributed by atoms with Gasteiger partial charge in [-0.1, -0.05) is 17.7 Å². The van der Waals surface area contributed by atoms with Crippen molar-refractivity contribution in [3.63, 3.8) is 0 Å². The van der Waals surface area contributed by atoms with E-state index in [-0.39, 0.29) is 24.6 Å². The second-order valence-electron chi connectivity index (χ2n) is 2.93. The van der Waals surface area contributed by atoms with Gasteiger partial charge >= 0.3 is 6.09 Å². The molecule has 2 rings (SSSR count). The highest BCUT2D eigenvalue weighted by atomic mass is 35.5. The van der Waals surface area contributed by atoms with Crippen molar-refractivity contribution in [2.45, 2.75) is 6.04 Å². The number of nitrogens with one attached hydrogen (secondary N) is 1. The summed E-state index contributed by atoms with van der Waals surface area (Å²) in [6, 6.07) is 3.89. The van der Waals surface area contributed by atoms with Gasteiger partial charge in [0.25, 0.3) is 0 Å². The largest absolute Gasteiger partial charge is 0.447 e. The van der Waals surface area contributed by atoms with Crippen molar-refractivity contribution >= 4 is 30.1 Å². The van der Waals surface area contributed by atoms with E-state index in [1.54, 1.807) is 6.07 Å². The molecule has 1 aliphatic rings. The maximum absolute atomic E-state index is 13.3. The second kappa shape index (κ2) is 4.68. The fourth-order valence-electron chi connectivity index (χ4n) is 1.38. The molecule has 3 nitrogen and oxygen atoms in total. The molecule has 0 bridgehead atoms. The molecule has 1 aromatic rings. The smallest absolute Gasteiger partial charge is 0.407 e. The monoisotopic (exact) mass is 251 g/mol. The Morgan fingerprint density at radius 3 is 2.80 bits per heavy atom. The van der Waals surface area contributed by atoms with E-state index < -0.39 is 18.0 Å². The summed E-state index contributed by atoms with van der Waals surface area (Å²) in [6.45, 7) is 0.111. The molecule has 15 heavy (non-hydrogen) atoms. The molecule has 82 valence electrons. The van der Waals surface area contributed by atoms with Crippen molar-refractivity contribution in [1.82, 2.24) is 5.32 Å². The van der Waals surface area contributed by atoms with Crippen LogP contribution in [-0.2, 0) is 4.74 Å². The van der Waals surface area contributed by atoms with Gasteiger partial charge in [-0.05, 0) is 12.1 Å². The molecule has 0 saturated carbocycles. The van der Waals surface area contributed by atoms with Crippen LogP contribution < -0.4 is 5.32 Å². The lowest BCUT2D eigenvalue weighted by atomic mass is 10.1. The number of benzene rings is 1. The lowest BCUT2D eigenvalue weighted by Gasteiger charge is -2.10. The minimum atomic E-state index is -0.547. The molecular weight excluding hydrogens is 244 g/mol. The molecule has 1 atom stereocenters. The number of halogens is 3. The number of ether oxygens (including phenoxy) is 1. The maximum Gasteiger partial charge on any atom is 0.407 e. The highest BCUT2D eigenvalue weighted by Gasteiger charge is 2.27. The van der Waals surface area contributed by atoms with E-state index in [1.807, 2.05) is 0 Å². The molecule has 1 heterocycles. The summed E-state index contributed by atoms with van der Waals surface area (Å²) in [5.74, 6) is -0.437. The third-order valence-corrected chi connectivity index (χ3v) is 2.35. The standard InChI is InChI=1S/C9H7ClFNO2.ClH/c10-5-2-1-3-6(11)8(5)7-4-14-9(13)12-7;/h1-3,7H,4H2,(H,12,13);1H/t7-;/m1./s1. The van der Waals surface area contributed by atoms with Gasteiger partial charge in [-0.15, -0.1) is 12.4 Å². The highest BCUT2D eigenvalue weighted by Crippen LogP contribution is 2.28. The SMILES string of the molecule is Cl.O=C1N[C@@H](c2c(F)cccc2Cl)CO1. The van der Waals surface area contributed by atoms with Gasteiger partial charge in [0.15, 0.2) is 0 Å². The minimum Gasteiger partial charge on any atom is -0.447 e. The van der Waals surface area contributed by atoms with Crippen LogP contribution in [0.5, 0.6) is 0 Å². The first kappa shape index (κ1) is 12.1. The van der Waals surface area contributed by atoms with Gasteiger partial charge < -0.3 is 10.1 Å². The first-order valence-corrected chi connectivity index (χ1v) is 4.43. The molecule has 1 amide bonds. The number of amides is 1. The number of rotatable bonds is 1. The number of alkyl carbamates (subject to hydrolysis) is 1. The number of carbonyl (C=O) groups is 1. The predicted octanol–water partition coefficient (Wildman–Crippen LogP) is 2.68. The summed E-state index contributed by atoms with van der Waals surface area (Å²) < 4.78 is 18.0. The van der Waals surface area contributed by atoms with Crippen LogP contribution in [0.15, 0.2) is 18.2 Å². The Balaban J connectivity index is 0.00000112. The van der Waals surface area contributed by atoms with E-state index in [4.69, 9.17) is 11.6 Å². The molecule has 0 radical (unpaired) electrons. The van der Waals surface area contributed by atoms with Crippen LogP contribution in [0.4, 0.5) is 9.18 Å². The molecule has 0 aromatic heterocycles. The van der Waals surface area contributed by atoms with Gasteiger partial charge in [0.05, 0.1) is 6.04 Å². The quantitative estimate of drug-likeness (QED) is 0.834. The summed E-state index contributed by atoms with van der Waals surface area (Å²) in [6.07, 6.45) is -0.547. The zero-order chi connectivity index (χ0) is 10.1. The van der Waals surface area contributed by atoms with Gasteiger partial charge in [0.1, 0.15) is 12.4 Å². The fourth-order valence-corrected chi connectivity index (χ4v) is 1.68. The highest BCUT2D eigenvalue weighted by molar-refractivity contribution is 6.31. The van der Waals surface area contributed by atoms with E-state index in [1.165, 1.54) is 12.1 Å². The molecule has 0 aliphatic carbocycles. The Bertz CT molecular complexity index is 366. The third-order valence-electron chi connectivity index (χ3n) is 2.02. The Kier molecular flexibility index (Phi) is 3.77. The predicted molar refractivity (Wildman–Crippen MR) is 55.9 cm³/mol. The molecule has 1 N–H and O–H groups in total. The molecular formula is C9H8Cl2FNO2. The van der Waals surface area contributed by atoms with Crippen LogP contribution >= 0.6 is 24.0 Å². The molecule has 6 heteroatoms. The van der Waals surface area contributed by atoms with Crippen molar-refractivity contribution in [3.8, 4) is 0 Å². The van der Waals surface area contributed by atoms with Crippen molar-refractivity contribution < 1.29 is 13.9 Å². The molecule has 1 aliphatic heterocycles. The van der Waals surface area contributed by atoms with Crippen LogP contribution in [0.3, 0.4) is 0 Å². The molecule has 1 aromatic carbocycles. The lowest BCUT2D eigenvalue weighted by Crippen LogP contribution is -2.19. The van der Waals surface area contributed by atoms with Gasteiger partial charge in [-0.3, -0.25) is 0 Å². The van der Waals surface area contributed by atoms with Crippen LogP contribution in [0.25, 0.3) is 0 Å². The molecule has 0 spiro atoms. The summed E-state index contributed by atoms with van der Waals surface area (Å²) >= 11 is 5.81. The zero-order valence-electron chi connectivity index (χ0n) is 7.50. The van der Waals surface area contributed by atoms with Gasteiger partial charge in [-0.2, -0.15) is 0 Å². The van der Waals surface area contributed by atoms with Crippen LogP contribution in [0, 0.1) is 5.82 Å². The summed E-state index contributed by atoms with van der Waals surface area (Å²) in [5, 5.41) is 2.76. The average Bonchev–Trinajstić information content (AvgIpc) is 2.51. The minimum absolute atomic E-state index is 0. The number of hydrogen-bond donors (Lipinski definition) is 1. The number of hydrogen-bond acceptors (Lipinski definition) is 2. The fraction of sp³-hybridized carbons (Fsp3) is 0.222. The third kappa shape index (κ3) is 2.33. The maximum atomic E-state index is 13.3. The van der Waals surface area contributed by atoms with E-state index in [0.29, 0.717) is 5.02 Å². The molecule has 1 fully saturated rings. The van der Waals surface area contributed by atoms with Crippen LogP contribution in [-0.4, -0.2) is 12.7 Å². The lowest BCUT2D eigenvalue weighted by molar-refractivity contribution is 0.177. The summed E-state index contributed by atoms with van der Waals surface area (Å²) in [7, 11) is 0. The molecule has 0 unspecified atom stereocenters. The Labute approximate surface area is 97.0 Å². The molecule has 1 saturated heterocycles. The Morgan fingerprint density at radius 1 is 1.53 bits per heavy atom. The van der Waals surface area contributed by atoms with Crippen LogP contribution in [0.1, 0.15) is 11.6 Å². The first-order chi connectivity index (χ1) is 6.68. The van der Waals surface area contributed by atoms with E-state index in [9.17, 15) is 9.18 Å². The first-order valence-electron chi connectivity index (χ1n) is 4.05. The van der Waals surface area contributed by atoms with E-state index >= 15 is 0 Å². The normalized spacial score (nSPS) is 19.1. The van der Waals surface area contributed by atoms with E-state index in [2.05, 4.69) is 10.1 Å². The Hall–Kier alpha value is -1.00. The second-order valence-corrected chi connectivity index (χ2v) is 3.34. The average molecular weight is 252 g/mol. The van der Waals surface area contributed by atoms with Gasteiger partial charge in [0, 0.05) is 10.6 Å². The number of carbonyl (C=O) groups excluding carboxylic acids is 1. The summed E-state index contributed by atoms with van der Waals surface area (Å²) in [4.78, 5) is 10.8. The zero-order valence-corrected chi connectivity index (χ0v) is 9.07. The van der Waals surface area contributed by atoms with Crippen molar-refractivity contribution in [3.05, 3.63) is 34.6 Å². The Morgan fingerprint density at radius 2 is 2.27 bits per heavy atom. The van der Waals surface area contributed by atoms with Gasteiger partial charge in [0.2, 0.25) is 0 Å². The van der Waals surface area contributed by atoms with E-state index in [0.717, 1.165) is 0 Å². The van der Waals surface area contributed by atoms with Crippen molar-refractivity contribution in [2.75, 3.05) is 6.61 Å².